The van der Waals surface area contributed by atoms with Crippen LogP contribution in [0.15, 0.2) is 36.0 Å². The lowest BCUT2D eigenvalue weighted by Crippen LogP contribution is -2.63. The molecule has 0 aromatic carbocycles. The third kappa shape index (κ3) is 12.4. The van der Waals surface area contributed by atoms with Gasteiger partial charge in [-0.15, -0.1) is 0 Å². The molecule has 10 atom stereocenters. The summed E-state index contributed by atoms with van der Waals surface area (Å²) in [6.45, 7) is 15.2. The maximum absolute atomic E-state index is 13.8. The Kier molecular flexibility index (Phi) is 16.5. The second-order valence-electron chi connectivity index (χ2n) is 17.3. The highest BCUT2D eigenvalue weighted by Crippen LogP contribution is 2.37. The van der Waals surface area contributed by atoms with Crippen molar-refractivity contribution in [1.29, 1.82) is 0 Å². The van der Waals surface area contributed by atoms with E-state index in [2.05, 4.69) is 20.0 Å². The van der Waals surface area contributed by atoms with Gasteiger partial charge >= 0.3 is 12.1 Å². The molecule has 0 aromatic rings. The summed E-state index contributed by atoms with van der Waals surface area (Å²) < 4.78 is 25.2. The first-order valence-electron chi connectivity index (χ1n) is 20.8. The van der Waals surface area contributed by atoms with Crippen LogP contribution in [0.5, 0.6) is 0 Å². The number of likely N-dealkylation sites (N-methyl/N-ethyl adjacent to an activating group) is 1. The van der Waals surface area contributed by atoms with Crippen LogP contribution in [-0.2, 0) is 23.7 Å². The number of amides is 1. The molecule has 2 saturated heterocycles. The molecule has 1 saturated carbocycles. The number of hydrogen-bond donors (Lipinski definition) is 2. The highest BCUT2D eigenvalue weighted by Gasteiger charge is 2.45. The second kappa shape index (κ2) is 20.1. The van der Waals surface area contributed by atoms with Crippen LogP contribution in [0.2, 0.25) is 0 Å². The van der Waals surface area contributed by atoms with Crippen LogP contribution in [0.1, 0.15) is 119 Å². The topological polar surface area (TPSA) is 118 Å². The first-order valence-corrected chi connectivity index (χ1v) is 20.8. The van der Waals surface area contributed by atoms with Crippen molar-refractivity contribution in [2.45, 2.75) is 167 Å². The molecular weight excluding hydrogens is 672 g/mol. The van der Waals surface area contributed by atoms with Crippen LogP contribution in [0.25, 0.3) is 0 Å². The van der Waals surface area contributed by atoms with Gasteiger partial charge in [0.05, 0.1) is 70.1 Å². The molecule has 302 valence electrons. The highest BCUT2D eigenvalue weighted by atomic mass is 16.6. The zero-order valence-electron chi connectivity index (χ0n) is 34.2. The van der Waals surface area contributed by atoms with Crippen LogP contribution in [0, 0.1) is 17.8 Å². The summed E-state index contributed by atoms with van der Waals surface area (Å²) in [5, 5.41) is 21.1. The molecule has 4 rings (SSSR count). The number of rotatable bonds is 11. The predicted octanol–water partition coefficient (Wildman–Crippen LogP) is 7.12. The SMILES string of the molecule is CC[C@H](O)[C@@H](C)[C@H]1O[C@@H]1C[C@H](C)/C=C/C=C(\C)[C@H]1OC(=O)C[C@H](O)CC[C@@](C)(OC)[C@@H](OC(=O)N2CC[N+](C)(C3CCCCCCC3)CC2)/C=C/[C@@H]1C. The fourth-order valence-corrected chi connectivity index (χ4v) is 8.70. The monoisotopic (exact) mass is 746 g/mol. The quantitative estimate of drug-likeness (QED) is 0.0755. The van der Waals surface area contributed by atoms with Crippen LogP contribution in [0.3, 0.4) is 0 Å². The standard InChI is InChI=1S/C43H73N2O8/c1-9-36(47)33(5)41-37(51-41)28-30(2)16-15-17-31(3)40-32(4)20-21-38(43(6,50-8)23-22-35(46)29-39(48)53-40)52-42(49)44-24-26-45(7,27-25-44)34-18-13-11-10-12-14-19-34/h15-17,20-21,30,32-38,40-41,46-47H,9-14,18-19,22-29H2,1-8H3/q+1/b16-15+,21-20+,31-17+/t30-,32+,33-,35-,36+,37-,38+,40-,41-,43-/m1/s1. The lowest BCUT2D eigenvalue weighted by Gasteiger charge is -2.47. The van der Waals surface area contributed by atoms with Gasteiger partial charge in [0.2, 0.25) is 0 Å². The molecule has 1 amide bonds. The molecule has 1 aliphatic carbocycles. The maximum atomic E-state index is 13.8. The van der Waals surface area contributed by atoms with E-state index >= 15 is 0 Å². The van der Waals surface area contributed by atoms with E-state index < -0.39 is 29.9 Å². The predicted molar refractivity (Wildman–Crippen MR) is 208 cm³/mol. The minimum absolute atomic E-state index is 0.107. The largest absolute Gasteiger partial charge is 0.457 e. The molecule has 53 heavy (non-hydrogen) atoms. The Hall–Kier alpha value is -2.24. The van der Waals surface area contributed by atoms with E-state index in [1.54, 1.807) is 7.11 Å². The van der Waals surface area contributed by atoms with Crippen LogP contribution in [0.4, 0.5) is 4.79 Å². The van der Waals surface area contributed by atoms with E-state index in [0.29, 0.717) is 32.0 Å². The molecule has 4 aliphatic rings. The number of esters is 1. The van der Waals surface area contributed by atoms with E-state index in [0.717, 1.165) is 36.0 Å². The van der Waals surface area contributed by atoms with Gasteiger partial charge in [-0.2, -0.15) is 0 Å². The van der Waals surface area contributed by atoms with E-state index in [1.165, 1.54) is 44.9 Å². The van der Waals surface area contributed by atoms with E-state index in [-0.39, 0.29) is 48.6 Å². The third-order valence-electron chi connectivity index (χ3n) is 13.0. The molecule has 3 heterocycles. The summed E-state index contributed by atoms with van der Waals surface area (Å²) in [6, 6.07) is 0.658. The van der Waals surface area contributed by atoms with Gasteiger partial charge < -0.3 is 33.6 Å². The number of carbonyl (C=O) groups excluding carboxylic acids is 2. The van der Waals surface area contributed by atoms with Crippen molar-refractivity contribution in [3.8, 4) is 0 Å². The molecule has 0 unspecified atom stereocenters. The molecule has 0 spiro atoms. The van der Waals surface area contributed by atoms with Gasteiger partial charge in [0.1, 0.15) is 11.7 Å². The summed E-state index contributed by atoms with van der Waals surface area (Å²) in [6.07, 6.45) is 18.6. The molecule has 0 radical (unpaired) electrons. The molecule has 10 nitrogen and oxygen atoms in total. The minimum Gasteiger partial charge on any atom is -0.457 e. The van der Waals surface area contributed by atoms with Crippen LogP contribution >= 0.6 is 0 Å². The Morgan fingerprint density at radius 1 is 1.11 bits per heavy atom. The molecule has 0 bridgehead atoms. The summed E-state index contributed by atoms with van der Waals surface area (Å²) in [5.41, 5.74) is -0.0434. The zero-order chi connectivity index (χ0) is 38.8. The first-order chi connectivity index (χ1) is 25.2. The summed E-state index contributed by atoms with van der Waals surface area (Å²) in [5.74, 6) is -0.310. The summed E-state index contributed by atoms with van der Waals surface area (Å²) in [7, 11) is 3.98. The molecule has 2 N–H and O–H groups in total. The Bertz CT molecular complexity index is 1250. The average molecular weight is 746 g/mol. The average Bonchev–Trinajstić information content (AvgIpc) is 3.88. The molecule has 3 fully saturated rings. The van der Waals surface area contributed by atoms with Crippen molar-refractivity contribution in [1.82, 2.24) is 4.90 Å². The van der Waals surface area contributed by atoms with Crippen molar-refractivity contribution < 1.29 is 43.2 Å². The van der Waals surface area contributed by atoms with Gasteiger partial charge in [-0.05, 0) is 82.8 Å². The fraction of sp³-hybridized carbons (Fsp3) is 0.814. The molecular formula is C43H73N2O8+. The number of aliphatic hydroxyl groups is 2. The number of ether oxygens (including phenoxy) is 4. The smallest absolute Gasteiger partial charge is 0.410 e. The number of aliphatic hydroxyl groups excluding tert-OH is 2. The number of quaternary nitrogens is 1. The molecule has 3 aliphatic heterocycles. The van der Waals surface area contributed by atoms with Gasteiger partial charge in [-0.25, -0.2) is 4.79 Å². The number of allylic oxidation sites excluding steroid dienone is 3. The van der Waals surface area contributed by atoms with Crippen molar-refractivity contribution in [3.63, 3.8) is 0 Å². The lowest BCUT2D eigenvalue weighted by molar-refractivity contribution is -0.937. The summed E-state index contributed by atoms with van der Waals surface area (Å²) in [4.78, 5) is 28.7. The Morgan fingerprint density at radius 2 is 1.77 bits per heavy atom. The van der Waals surface area contributed by atoms with Crippen LogP contribution in [-0.4, -0.2) is 120 Å². The first kappa shape index (κ1) is 43.5. The Labute approximate surface area is 320 Å². The fourth-order valence-electron chi connectivity index (χ4n) is 8.70. The van der Waals surface area contributed by atoms with Crippen molar-refractivity contribution in [2.24, 2.45) is 17.8 Å². The number of methoxy groups -OCH3 is 1. The van der Waals surface area contributed by atoms with E-state index in [4.69, 9.17) is 18.9 Å². The Morgan fingerprint density at radius 3 is 2.42 bits per heavy atom. The van der Waals surface area contributed by atoms with Crippen molar-refractivity contribution in [3.05, 3.63) is 36.0 Å². The number of piperazine rings is 1. The second-order valence-corrected chi connectivity index (χ2v) is 17.3. The lowest BCUT2D eigenvalue weighted by atomic mass is 9.88. The van der Waals surface area contributed by atoms with Gasteiger partial charge in [0.15, 0.2) is 6.10 Å². The number of epoxide rings is 1. The van der Waals surface area contributed by atoms with Gasteiger partial charge in [0, 0.05) is 18.9 Å². The van der Waals surface area contributed by atoms with Gasteiger partial charge in [-0.1, -0.05) is 71.3 Å². The van der Waals surface area contributed by atoms with E-state index in [1.807, 2.05) is 63.8 Å². The summed E-state index contributed by atoms with van der Waals surface area (Å²) >= 11 is 0. The van der Waals surface area contributed by atoms with Gasteiger partial charge in [0.25, 0.3) is 0 Å². The maximum Gasteiger partial charge on any atom is 0.410 e. The minimum atomic E-state index is -0.918. The Balaban J connectivity index is 1.43. The third-order valence-corrected chi connectivity index (χ3v) is 13.0. The normalized spacial score (nSPS) is 34.8. The van der Waals surface area contributed by atoms with Crippen LogP contribution < -0.4 is 0 Å². The zero-order valence-corrected chi connectivity index (χ0v) is 34.2. The number of cyclic esters (lactones) is 1. The van der Waals surface area contributed by atoms with Crippen molar-refractivity contribution >= 4 is 12.1 Å². The molecule has 0 aromatic heterocycles. The highest BCUT2D eigenvalue weighted by molar-refractivity contribution is 5.70. The number of carbonyl (C=O) groups is 2. The van der Waals surface area contributed by atoms with E-state index in [9.17, 15) is 19.8 Å². The molecule has 10 heteroatoms. The number of nitrogens with zero attached hydrogens (tertiary/aromatic N) is 2. The van der Waals surface area contributed by atoms with Gasteiger partial charge in [-0.3, -0.25) is 9.69 Å². The number of hydrogen-bond acceptors (Lipinski definition) is 8. The van der Waals surface area contributed by atoms with Crippen molar-refractivity contribution in [2.75, 3.05) is 40.3 Å².